The molecule has 21 heavy (non-hydrogen) atoms. The van der Waals surface area contributed by atoms with Crippen molar-refractivity contribution >= 4 is 22.6 Å². The summed E-state index contributed by atoms with van der Waals surface area (Å²) in [5.41, 5.74) is 1.42. The molecule has 1 aliphatic rings. The molecule has 110 valence electrons. The number of thioether (sulfide) groups is 1. The van der Waals surface area contributed by atoms with E-state index in [0.717, 1.165) is 10.6 Å². The van der Waals surface area contributed by atoms with E-state index in [2.05, 4.69) is 10.1 Å². The predicted octanol–water partition coefficient (Wildman–Crippen LogP) is 3.78. The number of H-pyrrole nitrogens is 1. The number of nitrogens with zero attached hydrogens (tertiary/aromatic N) is 2. The standard InChI is InChI=1S/C15H16FN3OS/c1-8(2)19-14-12(15(20)18-19)13(21-9(3)17-14)10-4-6-11(16)7-5-10/h4-8,13H,1-3H3,(H,18,20)/t13-/m1/s1. The van der Waals surface area contributed by atoms with E-state index in [9.17, 15) is 9.18 Å². The number of halogens is 1. The van der Waals surface area contributed by atoms with Gasteiger partial charge in [0.1, 0.15) is 5.82 Å². The molecular weight excluding hydrogens is 289 g/mol. The van der Waals surface area contributed by atoms with Gasteiger partial charge in [-0.25, -0.2) is 9.38 Å². The molecule has 0 saturated carbocycles. The summed E-state index contributed by atoms with van der Waals surface area (Å²) in [4.78, 5) is 16.8. The fourth-order valence-corrected chi connectivity index (χ4v) is 3.56. The molecule has 4 nitrogen and oxygen atoms in total. The van der Waals surface area contributed by atoms with E-state index in [0.29, 0.717) is 11.4 Å². The van der Waals surface area contributed by atoms with Gasteiger partial charge in [-0.15, -0.1) is 0 Å². The molecule has 0 aliphatic carbocycles. The average molecular weight is 305 g/mol. The Hall–Kier alpha value is -1.82. The summed E-state index contributed by atoms with van der Waals surface area (Å²) < 4.78 is 14.9. The molecule has 0 radical (unpaired) electrons. The van der Waals surface area contributed by atoms with Gasteiger partial charge in [0.25, 0.3) is 5.56 Å². The fraction of sp³-hybridized carbons (Fsp3) is 0.333. The lowest BCUT2D eigenvalue weighted by molar-refractivity contribution is 0.533. The van der Waals surface area contributed by atoms with Crippen molar-refractivity contribution in [3.05, 3.63) is 51.6 Å². The van der Waals surface area contributed by atoms with Gasteiger partial charge in [0.15, 0.2) is 5.82 Å². The first-order chi connectivity index (χ1) is 9.97. The van der Waals surface area contributed by atoms with Crippen molar-refractivity contribution < 1.29 is 4.39 Å². The topological polar surface area (TPSA) is 50.1 Å². The average Bonchev–Trinajstić information content (AvgIpc) is 2.76. The second kappa shape index (κ2) is 5.18. The minimum Gasteiger partial charge on any atom is -0.268 e. The summed E-state index contributed by atoms with van der Waals surface area (Å²) in [6, 6.07) is 6.41. The molecule has 0 unspecified atom stereocenters. The van der Waals surface area contributed by atoms with Crippen LogP contribution in [0.3, 0.4) is 0 Å². The van der Waals surface area contributed by atoms with Crippen LogP contribution in [0.1, 0.15) is 43.2 Å². The summed E-state index contributed by atoms with van der Waals surface area (Å²) in [6.07, 6.45) is 0. The third-order valence-electron chi connectivity index (χ3n) is 3.44. The number of aliphatic imine (C=N–C) groups is 1. The quantitative estimate of drug-likeness (QED) is 0.918. The Morgan fingerprint density at radius 1 is 1.33 bits per heavy atom. The van der Waals surface area contributed by atoms with E-state index in [1.54, 1.807) is 16.8 Å². The molecule has 2 heterocycles. The first kappa shape index (κ1) is 14.1. The van der Waals surface area contributed by atoms with Crippen molar-refractivity contribution in [2.24, 2.45) is 4.99 Å². The number of aromatic amines is 1. The van der Waals surface area contributed by atoms with Gasteiger partial charge in [0.05, 0.1) is 15.9 Å². The molecule has 2 aromatic rings. The monoisotopic (exact) mass is 305 g/mol. The fourth-order valence-electron chi connectivity index (χ4n) is 2.46. The van der Waals surface area contributed by atoms with E-state index < -0.39 is 0 Å². The van der Waals surface area contributed by atoms with E-state index in [1.807, 2.05) is 20.8 Å². The van der Waals surface area contributed by atoms with Crippen LogP contribution in [0.2, 0.25) is 0 Å². The zero-order valence-electron chi connectivity index (χ0n) is 12.1. The van der Waals surface area contributed by atoms with Crippen molar-refractivity contribution in [2.45, 2.75) is 32.1 Å². The lowest BCUT2D eigenvalue weighted by Crippen LogP contribution is -2.13. The molecule has 0 fully saturated rings. The van der Waals surface area contributed by atoms with Gasteiger partial charge in [-0.05, 0) is 38.5 Å². The molecule has 0 saturated heterocycles. The van der Waals surface area contributed by atoms with E-state index >= 15 is 0 Å². The Morgan fingerprint density at radius 2 is 2.00 bits per heavy atom. The van der Waals surface area contributed by atoms with Crippen LogP contribution < -0.4 is 5.56 Å². The summed E-state index contributed by atoms with van der Waals surface area (Å²) in [5.74, 6) is 0.402. The first-order valence-corrected chi connectivity index (χ1v) is 7.67. The number of benzene rings is 1. The van der Waals surface area contributed by atoms with E-state index in [1.165, 1.54) is 23.9 Å². The van der Waals surface area contributed by atoms with Crippen molar-refractivity contribution in [1.82, 2.24) is 9.78 Å². The van der Waals surface area contributed by atoms with Crippen LogP contribution in [-0.2, 0) is 0 Å². The minimum absolute atomic E-state index is 0.120. The molecule has 0 spiro atoms. The lowest BCUT2D eigenvalue weighted by atomic mass is 10.1. The highest BCUT2D eigenvalue weighted by molar-refractivity contribution is 8.14. The normalized spacial score (nSPS) is 17.8. The van der Waals surface area contributed by atoms with Gasteiger partial charge in [0, 0.05) is 6.04 Å². The smallest absolute Gasteiger partial charge is 0.268 e. The molecule has 1 atom stereocenters. The van der Waals surface area contributed by atoms with Crippen molar-refractivity contribution in [2.75, 3.05) is 0 Å². The number of hydrogen-bond acceptors (Lipinski definition) is 3. The van der Waals surface area contributed by atoms with Crippen LogP contribution in [0.15, 0.2) is 34.1 Å². The van der Waals surface area contributed by atoms with Crippen LogP contribution in [0.4, 0.5) is 10.2 Å². The van der Waals surface area contributed by atoms with Crippen molar-refractivity contribution in [3.8, 4) is 0 Å². The Labute approximate surface area is 126 Å². The Bertz CT molecular complexity index is 758. The Morgan fingerprint density at radius 3 is 2.62 bits per heavy atom. The number of aromatic nitrogens is 2. The van der Waals surface area contributed by atoms with Crippen molar-refractivity contribution in [1.29, 1.82) is 0 Å². The van der Waals surface area contributed by atoms with Crippen LogP contribution in [0.5, 0.6) is 0 Å². The summed E-state index contributed by atoms with van der Waals surface area (Å²) in [7, 11) is 0. The van der Waals surface area contributed by atoms with Gasteiger partial charge in [0.2, 0.25) is 0 Å². The first-order valence-electron chi connectivity index (χ1n) is 6.79. The van der Waals surface area contributed by atoms with E-state index in [-0.39, 0.29) is 22.7 Å². The second-order valence-electron chi connectivity index (χ2n) is 5.32. The molecule has 1 aromatic carbocycles. The predicted molar refractivity (Wildman–Crippen MR) is 84.0 cm³/mol. The third kappa shape index (κ3) is 2.44. The minimum atomic E-state index is -0.279. The van der Waals surface area contributed by atoms with Crippen LogP contribution in [0, 0.1) is 5.82 Å². The Balaban J connectivity index is 2.18. The zero-order valence-corrected chi connectivity index (χ0v) is 12.9. The molecule has 3 rings (SSSR count). The van der Waals surface area contributed by atoms with Gasteiger partial charge in [-0.2, -0.15) is 0 Å². The molecule has 0 bridgehead atoms. The Kier molecular flexibility index (Phi) is 3.49. The molecule has 1 N–H and O–H groups in total. The maximum Gasteiger partial charge on any atom is 0.271 e. The van der Waals surface area contributed by atoms with Crippen molar-refractivity contribution in [3.63, 3.8) is 0 Å². The van der Waals surface area contributed by atoms with Crippen LogP contribution in [-0.4, -0.2) is 14.8 Å². The summed E-state index contributed by atoms with van der Waals surface area (Å²) in [5, 5.41) is 3.60. The second-order valence-corrected chi connectivity index (χ2v) is 6.62. The maximum atomic E-state index is 13.1. The van der Waals surface area contributed by atoms with Gasteiger partial charge >= 0.3 is 0 Å². The zero-order chi connectivity index (χ0) is 15.1. The van der Waals surface area contributed by atoms with E-state index in [4.69, 9.17) is 0 Å². The molecule has 1 aromatic heterocycles. The van der Waals surface area contributed by atoms with Gasteiger partial charge < -0.3 is 0 Å². The highest BCUT2D eigenvalue weighted by Gasteiger charge is 2.30. The molecule has 0 amide bonds. The SMILES string of the molecule is CC1=Nc2c(c(=O)[nH]n2C(C)C)[C@@H](c2ccc(F)cc2)S1. The highest BCUT2D eigenvalue weighted by Crippen LogP contribution is 2.43. The number of hydrogen-bond donors (Lipinski definition) is 1. The number of fused-ring (bicyclic) bond motifs is 1. The molecular formula is C15H16FN3OS. The number of nitrogens with one attached hydrogen (secondary N) is 1. The highest BCUT2D eigenvalue weighted by atomic mass is 32.2. The van der Waals surface area contributed by atoms with Crippen LogP contribution in [0.25, 0.3) is 0 Å². The molecule has 6 heteroatoms. The summed E-state index contributed by atoms with van der Waals surface area (Å²) in [6.45, 7) is 5.91. The number of rotatable bonds is 2. The largest absolute Gasteiger partial charge is 0.271 e. The lowest BCUT2D eigenvalue weighted by Gasteiger charge is -2.21. The van der Waals surface area contributed by atoms with Gasteiger partial charge in [-0.3, -0.25) is 14.6 Å². The summed E-state index contributed by atoms with van der Waals surface area (Å²) >= 11 is 1.52. The molecule has 1 aliphatic heterocycles. The van der Waals surface area contributed by atoms with Gasteiger partial charge in [-0.1, -0.05) is 23.9 Å². The third-order valence-corrected chi connectivity index (χ3v) is 4.61. The van der Waals surface area contributed by atoms with Crippen LogP contribution >= 0.6 is 11.8 Å². The maximum absolute atomic E-state index is 13.1.